The number of ether oxygens (including phenoxy) is 1. The molecule has 28 heavy (non-hydrogen) atoms. The fourth-order valence-corrected chi connectivity index (χ4v) is 3.21. The number of hydrogen-bond acceptors (Lipinski definition) is 4. The minimum absolute atomic E-state index is 0.0420. The maximum atomic E-state index is 13.7. The summed E-state index contributed by atoms with van der Waals surface area (Å²) in [4.78, 5) is 20.9. The molecule has 3 aromatic rings. The third-order valence-electron chi connectivity index (χ3n) is 4.09. The topological polar surface area (TPSA) is 57.0 Å². The summed E-state index contributed by atoms with van der Waals surface area (Å²) in [6, 6.07) is 4.21. The van der Waals surface area contributed by atoms with Crippen LogP contribution in [0.1, 0.15) is 22.6 Å². The molecule has 0 bridgehead atoms. The molecule has 0 atom stereocenters. The second-order valence-corrected chi connectivity index (χ2v) is 7.15. The first-order valence-electron chi connectivity index (χ1n) is 8.26. The van der Waals surface area contributed by atoms with Crippen molar-refractivity contribution in [2.24, 2.45) is 0 Å². The number of hydrogen-bond donors (Lipinski definition) is 0. The lowest BCUT2D eigenvalue weighted by Crippen LogP contribution is -2.24. The highest BCUT2D eigenvalue weighted by Gasteiger charge is 2.16. The van der Waals surface area contributed by atoms with E-state index in [4.69, 9.17) is 4.74 Å². The average molecular weight is 495 g/mol. The van der Waals surface area contributed by atoms with Gasteiger partial charge in [-0.3, -0.25) is 19.3 Å². The number of nitrogens with zero attached hydrogens (tertiary/aromatic N) is 3. The Bertz CT molecular complexity index is 1130. The van der Waals surface area contributed by atoms with Crippen molar-refractivity contribution in [1.82, 2.24) is 14.5 Å². The molecule has 0 aliphatic carbocycles. The predicted molar refractivity (Wildman–Crippen MR) is 111 cm³/mol. The summed E-state index contributed by atoms with van der Waals surface area (Å²) in [5.41, 5.74) is 2.51. The first-order chi connectivity index (χ1) is 13.3. The van der Waals surface area contributed by atoms with Crippen LogP contribution < -0.4 is 10.3 Å². The predicted octanol–water partition coefficient (Wildman–Crippen LogP) is 4.35. The largest absolute Gasteiger partial charge is 0.486 e. The van der Waals surface area contributed by atoms with E-state index in [-0.39, 0.29) is 17.9 Å². The molecule has 3 rings (SSSR count). The molecule has 0 N–H and O–H groups in total. The SMILES string of the molecule is C=Cc1cc(-n2c(C)cc(OCc3ncc(F)cc3F)c(I)c2=O)c(C)cn1. The van der Waals surface area contributed by atoms with Crippen molar-refractivity contribution in [3.63, 3.8) is 0 Å². The zero-order valence-corrected chi connectivity index (χ0v) is 17.3. The van der Waals surface area contributed by atoms with Gasteiger partial charge in [-0.05, 0) is 54.1 Å². The first-order valence-corrected chi connectivity index (χ1v) is 9.34. The minimum Gasteiger partial charge on any atom is -0.486 e. The standard InChI is InChI=1S/C20H16F2IN3O2/c1-4-14-7-17(11(2)8-24-14)26-12(3)5-18(19(23)20(26)27)28-10-16-15(22)6-13(21)9-25-16/h4-9H,1,10H2,2-3H3. The summed E-state index contributed by atoms with van der Waals surface area (Å²) >= 11 is 1.89. The van der Waals surface area contributed by atoms with Crippen molar-refractivity contribution in [1.29, 1.82) is 0 Å². The van der Waals surface area contributed by atoms with Crippen molar-refractivity contribution >= 4 is 28.7 Å². The van der Waals surface area contributed by atoms with E-state index in [0.29, 0.717) is 26.4 Å². The smallest absolute Gasteiger partial charge is 0.272 e. The molecule has 0 amide bonds. The van der Waals surface area contributed by atoms with E-state index in [1.807, 2.05) is 29.5 Å². The van der Waals surface area contributed by atoms with Crippen LogP contribution in [0.5, 0.6) is 5.75 Å². The number of aryl methyl sites for hydroxylation is 2. The highest BCUT2D eigenvalue weighted by Crippen LogP contribution is 2.23. The van der Waals surface area contributed by atoms with E-state index in [1.54, 1.807) is 35.9 Å². The van der Waals surface area contributed by atoms with Crippen LogP contribution in [0, 0.1) is 29.1 Å². The van der Waals surface area contributed by atoms with Crippen LogP contribution in [-0.2, 0) is 6.61 Å². The molecule has 0 radical (unpaired) electrons. The molecule has 144 valence electrons. The summed E-state index contributed by atoms with van der Waals surface area (Å²) < 4.78 is 34.2. The molecule has 0 aliphatic rings. The lowest BCUT2D eigenvalue weighted by molar-refractivity contribution is 0.290. The van der Waals surface area contributed by atoms with Crippen molar-refractivity contribution < 1.29 is 13.5 Å². The third kappa shape index (κ3) is 3.96. The monoisotopic (exact) mass is 495 g/mol. The molecular formula is C20H16F2IN3O2. The van der Waals surface area contributed by atoms with Crippen LogP contribution in [0.2, 0.25) is 0 Å². The van der Waals surface area contributed by atoms with E-state index in [1.165, 1.54) is 0 Å². The molecule has 0 fully saturated rings. The molecule has 0 spiro atoms. The van der Waals surface area contributed by atoms with Crippen molar-refractivity contribution in [2.45, 2.75) is 20.5 Å². The summed E-state index contributed by atoms with van der Waals surface area (Å²) in [6.45, 7) is 7.12. The maximum absolute atomic E-state index is 13.7. The van der Waals surface area contributed by atoms with E-state index in [9.17, 15) is 13.6 Å². The zero-order valence-electron chi connectivity index (χ0n) is 15.2. The normalized spacial score (nSPS) is 10.8. The molecule has 8 heteroatoms. The Labute approximate surface area is 173 Å². The van der Waals surface area contributed by atoms with Gasteiger partial charge in [0.05, 0.1) is 17.6 Å². The Morgan fingerprint density at radius 2 is 1.96 bits per heavy atom. The van der Waals surface area contributed by atoms with Crippen molar-refractivity contribution in [3.8, 4) is 11.4 Å². The second-order valence-electron chi connectivity index (χ2n) is 6.08. The number of pyridine rings is 3. The number of halogens is 3. The van der Waals surface area contributed by atoms with Crippen LogP contribution in [0.4, 0.5) is 8.78 Å². The van der Waals surface area contributed by atoms with Crippen molar-refractivity contribution in [3.05, 3.63) is 85.4 Å². The molecule has 3 aromatic heterocycles. The quantitative estimate of drug-likeness (QED) is 0.495. The second kappa shape index (κ2) is 8.17. The summed E-state index contributed by atoms with van der Waals surface area (Å²) in [7, 11) is 0. The van der Waals surface area contributed by atoms with Crippen molar-refractivity contribution in [2.75, 3.05) is 0 Å². The summed E-state index contributed by atoms with van der Waals surface area (Å²) in [5, 5.41) is 0. The molecule has 0 unspecified atom stereocenters. The van der Waals surface area contributed by atoms with Gasteiger partial charge in [-0.1, -0.05) is 6.58 Å². The number of aromatic nitrogens is 3. The highest BCUT2D eigenvalue weighted by atomic mass is 127. The Hall–Kier alpha value is -2.62. The van der Waals surface area contributed by atoms with E-state index in [2.05, 4.69) is 16.5 Å². The van der Waals surface area contributed by atoms with Gasteiger partial charge in [0.25, 0.3) is 5.56 Å². The zero-order chi connectivity index (χ0) is 20.4. The fourth-order valence-electron chi connectivity index (χ4n) is 2.66. The van der Waals surface area contributed by atoms with Crippen LogP contribution in [0.3, 0.4) is 0 Å². The molecule has 5 nitrogen and oxygen atoms in total. The number of rotatable bonds is 5. The van der Waals surface area contributed by atoms with E-state index in [0.717, 1.165) is 17.8 Å². The lowest BCUT2D eigenvalue weighted by atomic mass is 10.2. The van der Waals surface area contributed by atoms with Gasteiger partial charge in [-0.15, -0.1) is 0 Å². The maximum Gasteiger partial charge on any atom is 0.272 e. The Morgan fingerprint density at radius 3 is 2.64 bits per heavy atom. The van der Waals surface area contributed by atoms with E-state index >= 15 is 0 Å². The Balaban J connectivity index is 1.99. The van der Waals surface area contributed by atoms with Gasteiger partial charge in [0.15, 0.2) is 5.82 Å². The summed E-state index contributed by atoms with van der Waals surface area (Å²) in [5.74, 6) is -1.26. The van der Waals surface area contributed by atoms with Gasteiger partial charge >= 0.3 is 0 Å². The molecular weight excluding hydrogens is 479 g/mol. The Morgan fingerprint density at radius 1 is 1.21 bits per heavy atom. The van der Waals surface area contributed by atoms with Gasteiger partial charge in [0, 0.05) is 24.0 Å². The fraction of sp³-hybridized carbons (Fsp3) is 0.150. The highest BCUT2D eigenvalue weighted by molar-refractivity contribution is 14.1. The Kier molecular flexibility index (Phi) is 5.87. The molecule has 3 heterocycles. The van der Waals surface area contributed by atoms with Crippen LogP contribution in [0.15, 0.2) is 42.0 Å². The van der Waals surface area contributed by atoms with Gasteiger partial charge < -0.3 is 4.74 Å². The summed E-state index contributed by atoms with van der Waals surface area (Å²) in [6.07, 6.45) is 4.20. The van der Waals surface area contributed by atoms with Gasteiger partial charge in [0.1, 0.15) is 27.4 Å². The average Bonchev–Trinajstić information content (AvgIpc) is 2.66. The molecule has 0 saturated carbocycles. The van der Waals surface area contributed by atoms with Crippen LogP contribution in [-0.4, -0.2) is 14.5 Å². The lowest BCUT2D eigenvalue weighted by Gasteiger charge is -2.16. The van der Waals surface area contributed by atoms with Crippen LogP contribution in [0.25, 0.3) is 11.8 Å². The first kappa shape index (κ1) is 20.1. The molecule has 0 aromatic carbocycles. The minimum atomic E-state index is -0.801. The third-order valence-corrected chi connectivity index (χ3v) is 5.09. The molecule has 0 saturated heterocycles. The van der Waals surface area contributed by atoms with Gasteiger partial charge in [-0.25, -0.2) is 8.78 Å². The van der Waals surface area contributed by atoms with Gasteiger partial charge in [0.2, 0.25) is 0 Å². The van der Waals surface area contributed by atoms with E-state index < -0.39 is 11.6 Å². The molecule has 0 aliphatic heterocycles. The van der Waals surface area contributed by atoms with Crippen LogP contribution >= 0.6 is 22.6 Å². The van der Waals surface area contributed by atoms with Gasteiger partial charge in [-0.2, -0.15) is 0 Å².